The largest absolute Gasteiger partial charge is 0.506 e. The molecule has 1 heterocycles. The van der Waals surface area contributed by atoms with Crippen molar-refractivity contribution in [3.05, 3.63) is 29.8 Å². The Kier molecular flexibility index (Phi) is 4.93. The zero-order valence-electron chi connectivity index (χ0n) is 13.3. The third-order valence-electron chi connectivity index (χ3n) is 3.57. The molecular formula is C15H24BNO3Si. The van der Waals surface area contributed by atoms with E-state index >= 15 is 0 Å². The SMILES string of the molecule is Cc1ccc2cc(B(O)O)n(COCC[Si](C)(C)C)c2c1. The summed E-state index contributed by atoms with van der Waals surface area (Å²) in [5.74, 6) is 0. The maximum atomic E-state index is 9.55. The minimum atomic E-state index is -1.49. The topological polar surface area (TPSA) is 54.6 Å². The molecule has 0 saturated carbocycles. The first-order valence-corrected chi connectivity index (χ1v) is 11.0. The predicted octanol–water partition coefficient (Wildman–Crippen LogP) is 1.94. The normalized spacial score (nSPS) is 12.1. The summed E-state index contributed by atoms with van der Waals surface area (Å²) in [6.07, 6.45) is 0. The number of hydrogen-bond acceptors (Lipinski definition) is 3. The van der Waals surface area contributed by atoms with Crippen LogP contribution >= 0.6 is 0 Å². The van der Waals surface area contributed by atoms with Crippen molar-refractivity contribution in [2.24, 2.45) is 0 Å². The number of hydrogen-bond donors (Lipinski definition) is 2. The van der Waals surface area contributed by atoms with E-state index in [-0.39, 0.29) is 0 Å². The van der Waals surface area contributed by atoms with Crippen molar-refractivity contribution in [3.8, 4) is 0 Å². The second kappa shape index (κ2) is 6.36. The molecule has 2 rings (SSSR count). The minimum absolute atomic E-state index is 0.352. The molecule has 1 aromatic heterocycles. The molecule has 0 bridgehead atoms. The molecule has 21 heavy (non-hydrogen) atoms. The molecule has 0 aliphatic heterocycles. The highest BCUT2D eigenvalue weighted by molar-refractivity contribution is 6.76. The molecule has 2 N–H and O–H groups in total. The van der Waals surface area contributed by atoms with Gasteiger partial charge in [-0.3, -0.25) is 0 Å². The van der Waals surface area contributed by atoms with Gasteiger partial charge in [0, 0.05) is 20.2 Å². The second-order valence-corrected chi connectivity index (χ2v) is 12.4. The summed E-state index contributed by atoms with van der Waals surface area (Å²) in [7, 11) is -2.60. The van der Waals surface area contributed by atoms with Crippen LogP contribution in [0.25, 0.3) is 10.9 Å². The lowest BCUT2D eigenvalue weighted by molar-refractivity contribution is 0.0915. The first-order chi connectivity index (χ1) is 9.78. The molecule has 4 nitrogen and oxygen atoms in total. The zero-order valence-corrected chi connectivity index (χ0v) is 14.3. The van der Waals surface area contributed by atoms with Crippen LogP contribution in [0.15, 0.2) is 24.3 Å². The molecule has 2 aromatic rings. The number of ether oxygens (including phenoxy) is 1. The first kappa shape index (κ1) is 16.3. The van der Waals surface area contributed by atoms with E-state index in [1.165, 1.54) is 0 Å². The smallest absolute Gasteiger partial charge is 0.422 e. The minimum Gasteiger partial charge on any atom is -0.422 e. The number of fused-ring (bicyclic) bond motifs is 1. The van der Waals surface area contributed by atoms with Gasteiger partial charge in [0.05, 0.1) is 5.59 Å². The van der Waals surface area contributed by atoms with E-state index in [4.69, 9.17) is 4.74 Å². The van der Waals surface area contributed by atoms with E-state index in [1.54, 1.807) is 6.07 Å². The monoisotopic (exact) mass is 305 g/mol. The van der Waals surface area contributed by atoms with E-state index in [0.717, 1.165) is 22.5 Å². The van der Waals surface area contributed by atoms with E-state index in [2.05, 4.69) is 19.6 Å². The summed E-state index contributed by atoms with van der Waals surface area (Å²) in [5.41, 5.74) is 2.60. The van der Waals surface area contributed by atoms with Crippen LogP contribution in [-0.2, 0) is 11.5 Å². The van der Waals surface area contributed by atoms with Gasteiger partial charge in [-0.25, -0.2) is 0 Å². The lowest BCUT2D eigenvalue weighted by atomic mass is 9.86. The molecular weight excluding hydrogens is 281 g/mol. The lowest BCUT2D eigenvalue weighted by Gasteiger charge is -2.17. The highest BCUT2D eigenvalue weighted by Gasteiger charge is 2.20. The summed E-state index contributed by atoms with van der Waals surface area (Å²) in [4.78, 5) is 0. The molecule has 0 fully saturated rings. The molecule has 0 saturated heterocycles. The van der Waals surface area contributed by atoms with Crippen LogP contribution < -0.4 is 5.59 Å². The molecule has 0 unspecified atom stereocenters. The van der Waals surface area contributed by atoms with E-state index in [1.807, 2.05) is 29.7 Å². The quantitative estimate of drug-likeness (QED) is 0.633. The second-order valence-electron chi connectivity index (χ2n) is 6.78. The number of aryl methyl sites for hydroxylation is 1. The highest BCUT2D eigenvalue weighted by atomic mass is 28.3. The molecule has 0 atom stereocenters. The average Bonchev–Trinajstić information content (AvgIpc) is 2.72. The summed E-state index contributed by atoms with van der Waals surface area (Å²) in [6.45, 7) is 10.0. The molecule has 0 spiro atoms. The molecule has 0 aliphatic carbocycles. The lowest BCUT2D eigenvalue weighted by Crippen LogP contribution is -2.36. The van der Waals surface area contributed by atoms with Gasteiger partial charge in [0.25, 0.3) is 0 Å². The Hall–Kier alpha value is -1.08. The molecule has 1 aromatic carbocycles. The summed E-state index contributed by atoms with van der Waals surface area (Å²) < 4.78 is 7.61. The summed E-state index contributed by atoms with van der Waals surface area (Å²) in [5, 5.41) is 20.1. The van der Waals surface area contributed by atoms with Crippen LogP contribution in [0.3, 0.4) is 0 Å². The maximum Gasteiger partial charge on any atom is 0.506 e. The Bertz CT molecular complexity index is 619. The van der Waals surface area contributed by atoms with Gasteiger partial charge >= 0.3 is 7.12 Å². The van der Waals surface area contributed by atoms with Gasteiger partial charge in [0.1, 0.15) is 6.73 Å². The number of aromatic nitrogens is 1. The summed E-state index contributed by atoms with van der Waals surface area (Å²) >= 11 is 0. The van der Waals surface area contributed by atoms with Gasteiger partial charge in [0.2, 0.25) is 0 Å². The Labute approximate surface area is 127 Å². The van der Waals surface area contributed by atoms with Crippen molar-refractivity contribution in [2.45, 2.75) is 39.3 Å². The van der Waals surface area contributed by atoms with E-state index in [0.29, 0.717) is 18.9 Å². The van der Waals surface area contributed by atoms with E-state index < -0.39 is 15.2 Å². The molecule has 0 radical (unpaired) electrons. The fraction of sp³-hybridized carbons (Fsp3) is 0.467. The molecule has 6 heteroatoms. The molecule has 114 valence electrons. The molecule has 0 amide bonds. The Balaban J connectivity index is 2.20. The van der Waals surface area contributed by atoms with Gasteiger partial charge in [-0.15, -0.1) is 0 Å². The third-order valence-corrected chi connectivity index (χ3v) is 5.28. The maximum absolute atomic E-state index is 9.55. The van der Waals surface area contributed by atoms with Crippen LogP contribution in [0, 0.1) is 6.92 Å². The standard InChI is InChI=1S/C15H24BNO3Si/c1-12-5-6-13-10-15(16(18)19)17(14(13)9-12)11-20-7-8-21(2,3)4/h5-6,9-10,18-19H,7-8,11H2,1-4H3. The fourth-order valence-corrected chi connectivity index (χ4v) is 3.03. The van der Waals surface area contributed by atoms with Crippen molar-refractivity contribution in [1.82, 2.24) is 4.57 Å². The van der Waals surface area contributed by atoms with Crippen LogP contribution in [0.1, 0.15) is 5.56 Å². The van der Waals surface area contributed by atoms with Crippen molar-refractivity contribution < 1.29 is 14.8 Å². The van der Waals surface area contributed by atoms with Crippen LogP contribution in [0.5, 0.6) is 0 Å². The van der Waals surface area contributed by atoms with Gasteiger partial charge in [-0.1, -0.05) is 31.8 Å². The van der Waals surface area contributed by atoms with Gasteiger partial charge in [-0.05, 0) is 36.1 Å². The Morgan fingerprint density at radius 2 is 1.90 bits per heavy atom. The molecule has 0 aliphatic rings. The number of nitrogens with zero attached hydrogens (tertiary/aromatic N) is 1. The van der Waals surface area contributed by atoms with Crippen molar-refractivity contribution in [1.29, 1.82) is 0 Å². The van der Waals surface area contributed by atoms with Crippen molar-refractivity contribution in [3.63, 3.8) is 0 Å². The highest BCUT2D eigenvalue weighted by Crippen LogP contribution is 2.17. The van der Waals surface area contributed by atoms with Crippen LogP contribution in [0.4, 0.5) is 0 Å². The Morgan fingerprint density at radius 1 is 1.19 bits per heavy atom. The summed E-state index contributed by atoms with van der Waals surface area (Å²) in [6, 6.07) is 8.97. The van der Waals surface area contributed by atoms with Gasteiger partial charge in [-0.2, -0.15) is 0 Å². The third kappa shape index (κ3) is 4.20. The number of benzene rings is 1. The first-order valence-electron chi connectivity index (χ1n) is 7.31. The van der Waals surface area contributed by atoms with Crippen molar-refractivity contribution in [2.75, 3.05) is 6.61 Å². The van der Waals surface area contributed by atoms with Crippen LogP contribution in [-0.4, -0.2) is 36.4 Å². The average molecular weight is 305 g/mol. The zero-order chi connectivity index (χ0) is 15.6. The fourth-order valence-electron chi connectivity index (χ4n) is 2.28. The van der Waals surface area contributed by atoms with E-state index in [9.17, 15) is 10.0 Å². The Morgan fingerprint density at radius 3 is 2.52 bits per heavy atom. The number of rotatable bonds is 6. The van der Waals surface area contributed by atoms with Crippen molar-refractivity contribution >= 4 is 31.7 Å². The van der Waals surface area contributed by atoms with Gasteiger partial charge in [0.15, 0.2) is 0 Å². The van der Waals surface area contributed by atoms with Crippen LogP contribution in [0.2, 0.25) is 25.7 Å². The predicted molar refractivity (Wildman–Crippen MR) is 90.6 cm³/mol. The van der Waals surface area contributed by atoms with Gasteiger partial charge < -0.3 is 19.4 Å².